The predicted octanol–water partition coefficient (Wildman–Crippen LogP) is 1.24. The van der Waals surface area contributed by atoms with Crippen LogP contribution in [0.4, 0.5) is 5.69 Å². The van der Waals surface area contributed by atoms with E-state index in [0.717, 1.165) is 25.1 Å². The Balaban J connectivity index is 2.08. The summed E-state index contributed by atoms with van der Waals surface area (Å²) < 4.78 is 0. The quantitative estimate of drug-likeness (QED) is 0.780. The lowest BCUT2D eigenvalue weighted by Gasteiger charge is -2.19. The Morgan fingerprint density at radius 2 is 2.29 bits per heavy atom. The van der Waals surface area contributed by atoms with Gasteiger partial charge >= 0.3 is 0 Å². The molecule has 5 heteroatoms. The third-order valence-corrected chi connectivity index (χ3v) is 3.17. The summed E-state index contributed by atoms with van der Waals surface area (Å²) in [6, 6.07) is 5.44. The summed E-state index contributed by atoms with van der Waals surface area (Å²) >= 11 is 6.11. The number of nitrogens with zero attached hydrogens (tertiary/aromatic N) is 1. The van der Waals surface area contributed by atoms with Crippen molar-refractivity contribution in [2.75, 3.05) is 25.4 Å². The van der Waals surface area contributed by atoms with Gasteiger partial charge in [0.05, 0.1) is 6.54 Å². The molecule has 0 spiro atoms. The number of amides is 1. The number of nitrogens with one attached hydrogen (secondary N) is 1. The number of hydrogen-bond acceptors (Lipinski definition) is 3. The van der Waals surface area contributed by atoms with E-state index in [1.54, 1.807) is 12.1 Å². The lowest BCUT2D eigenvalue weighted by atomic mass is 10.2. The van der Waals surface area contributed by atoms with E-state index in [9.17, 15) is 4.79 Å². The van der Waals surface area contributed by atoms with Crippen molar-refractivity contribution in [2.24, 2.45) is 0 Å². The molecule has 4 nitrogen and oxygen atoms in total. The molecular formula is C12H16ClN3O. The molecule has 0 aliphatic carbocycles. The molecule has 1 fully saturated rings. The van der Waals surface area contributed by atoms with E-state index in [0.29, 0.717) is 23.8 Å². The average molecular weight is 254 g/mol. The minimum absolute atomic E-state index is 0.0718. The van der Waals surface area contributed by atoms with Gasteiger partial charge in [-0.2, -0.15) is 0 Å². The van der Waals surface area contributed by atoms with Crippen LogP contribution >= 0.6 is 11.6 Å². The molecule has 1 heterocycles. The smallest absolute Gasteiger partial charge is 0.234 e. The summed E-state index contributed by atoms with van der Waals surface area (Å²) in [6.45, 7) is 2.73. The van der Waals surface area contributed by atoms with Crippen LogP contribution in [0.2, 0.25) is 5.02 Å². The minimum Gasteiger partial charge on any atom is -0.399 e. The van der Waals surface area contributed by atoms with Gasteiger partial charge in [0.1, 0.15) is 0 Å². The van der Waals surface area contributed by atoms with Gasteiger partial charge in [-0.05, 0) is 30.2 Å². The third-order valence-electron chi connectivity index (χ3n) is 2.80. The van der Waals surface area contributed by atoms with E-state index in [-0.39, 0.29) is 5.91 Å². The Bertz CT molecular complexity index is 422. The summed E-state index contributed by atoms with van der Waals surface area (Å²) in [6.07, 6.45) is 0.964. The zero-order valence-corrected chi connectivity index (χ0v) is 10.3. The SMILES string of the molecule is Nc1ccc(Cl)c(CN2CCCNC(=O)C2)c1. The average Bonchev–Trinajstić information content (AvgIpc) is 2.48. The van der Waals surface area contributed by atoms with Gasteiger partial charge in [0.25, 0.3) is 0 Å². The highest BCUT2D eigenvalue weighted by atomic mass is 35.5. The van der Waals surface area contributed by atoms with E-state index in [4.69, 9.17) is 17.3 Å². The van der Waals surface area contributed by atoms with Gasteiger partial charge < -0.3 is 11.1 Å². The van der Waals surface area contributed by atoms with Crippen LogP contribution in [0.25, 0.3) is 0 Å². The molecule has 17 heavy (non-hydrogen) atoms. The maximum Gasteiger partial charge on any atom is 0.234 e. The zero-order chi connectivity index (χ0) is 12.3. The molecule has 2 rings (SSSR count). The molecule has 1 saturated heterocycles. The number of carbonyl (C=O) groups excluding carboxylic acids is 1. The lowest BCUT2D eigenvalue weighted by molar-refractivity contribution is -0.121. The molecule has 1 amide bonds. The van der Waals surface area contributed by atoms with Crippen LogP contribution in [0.15, 0.2) is 18.2 Å². The normalized spacial score (nSPS) is 17.6. The highest BCUT2D eigenvalue weighted by Gasteiger charge is 2.15. The van der Waals surface area contributed by atoms with Gasteiger partial charge in [0, 0.05) is 30.3 Å². The van der Waals surface area contributed by atoms with Gasteiger partial charge in [0.15, 0.2) is 0 Å². The van der Waals surface area contributed by atoms with Crippen LogP contribution < -0.4 is 11.1 Å². The van der Waals surface area contributed by atoms with Crippen molar-refractivity contribution in [3.8, 4) is 0 Å². The Kier molecular flexibility index (Phi) is 3.86. The molecule has 0 bridgehead atoms. The summed E-state index contributed by atoms with van der Waals surface area (Å²) in [4.78, 5) is 13.5. The van der Waals surface area contributed by atoms with E-state index in [1.165, 1.54) is 0 Å². The van der Waals surface area contributed by atoms with Crippen LogP contribution in [-0.2, 0) is 11.3 Å². The maximum absolute atomic E-state index is 11.4. The van der Waals surface area contributed by atoms with E-state index in [1.807, 2.05) is 6.07 Å². The molecule has 0 saturated carbocycles. The third kappa shape index (κ3) is 3.35. The number of hydrogen-bond donors (Lipinski definition) is 2. The highest BCUT2D eigenvalue weighted by molar-refractivity contribution is 6.31. The first-order valence-corrected chi connectivity index (χ1v) is 6.06. The van der Waals surface area contributed by atoms with Crippen LogP contribution in [-0.4, -0.2) is 30.4 Å². The summed E-state index contributed by atoms with van der Waals surface area (Å²) in [5, 5.41) is 3.55. The first kappa shape index (κ1) is 12.2. The molecule has 0 aromatic heterocycles. The molecule has 1 aromatic rings. The van der Waals surface area contributed by atoms with Gasteiger partial charge in [-0.1, -0.05) is 11.6 Å². The second kappa shape index (κ2) is 5.38. The number of nitrogens with two attached hydrogens (primary N) is 1. The number of halogens is 1. The fourth-order valence-electron chi connectivity index (χ4n) is 1.96. The number of carbonyl (C=O) groups is 1. The Morgan fingerprint density at radius 1 is 1.47 bits per heavy atom. The minimum atomic E-state index is 0.0718. The summed E-state index contributed by atoms with van der Waals surface area (Å²) in [7, 11) is 0. The standard InChI is InChI=1S/C12H16ClN3O/c13-11-3-2-10(14)6-9(11)7-16-5-1-4-15-12(17)8-16/h2-3,6H,1,4-5,7-8,14H2,(H,15,17). The Labute approximate surface area is 106 Å². The van der Waals surface area contributed by atoms with Gasteiger partial charge in [-0.25, -0.2) is 0 Å². The molecule has 92 valence electrons. The maximum atomic E-state index is 11.4. The summed E-state index contributed by atoms with van der Waals surface area (Å²) in [5.41, 5.74) is 7.41. The van der Waals surface area contributed by atoms with Crippen molar-refractivity contribution in [3.63, 3.8) is 0 Å². The largest absolute Gasteiger partial charge is 0.399 e. The number of rotatable bonds is 2. The van der Waals surface area contributed by atoms with Crippen LogP contribution in [0, 0.1) is 0 Å². The fourth-order valence-corrected chi connectivity index (χ4v) is 2.14. The summed E-state index contributed by atoms with van der Waals surface area (Å²) in [5.74, 6) is 0.0718. The van der Waals surface area contributed by atoms with Crippen molar-refractivity contribution in [1.29, 1.82) is 0 Å². The molecule has 0 atom stereocenters. The number of benzene rings is 1. The molecule has 3 N–H and O–H groups in total. The first-order valence-electron chi connectivity index (χ1n) is 5.68. The Hall–Kier alpha value is -1.26. The van der Waals surface area contributed by atoms with Crippen LogP contribution in [0.5, 0.6) is 0 Å². The van der Waals surface area contributed by atoms with Crippen molar-refractivity contribution >= 4 is 23.2 Å². The molecule has 1 aromatic carbocycles. The zero-order valence-electron chi connectivity index (χ0n) is 9.58. The van der Waals surface area contributed by atoms with Crippen LogP contribution in [0.3, 0.4) is 0 Å². The monoisotopic (exact) mass is 253 g/mol. The number of nitrogen functional groups attached to an aromatic ring is 1. The van der Waals surface area contributed by atoms with Gasteiger partial charge in [0.2, 0.25) is 5.91 Å². The van der Waals surface area contributed by atoms with Gasteiger partial charge in [-0.3, -0.25) is 9.69 Å². The Morgan fingerprint density at radius 3 is 3.12 bits per heavy atom. The predicted molar refractivity (Wildman–Crippen MR) is 68.8 cm³/mol. The second-order valence-electron chi connectivity index (χ2n) is 4.27. The van der Waals surface area contributed by atoms with Gasteiger partial charge in [-0.15, -0.1) is 0 Å². The van der Waals surface area contributed by atoms with Crippen molar-refractivity contribution in [3.05, 3.63) is 28.8 Å². The second-order valence-corrected chi connectivity index (χ2v) is 4.67. The number of anilines is 1. The molecule has 0 unspecified atom stereocenters. The topological polar surface area (TPSA) is 58.4 Å². The van der Waals surface area contributed by atoms with E-state index >= 15 is 0 Å². The highest BCUT2D eigenvalue weighted by Crippen LogP contribution is 2.20. The lowest BCUT2D eigenvalue weighted by Crippen LogP contribution is -2.32. The van der Waals surface area contributed by atoms with E-state index < -0.39 is 0 Å². The molecule has 1 aliphatic rings. The fraction of sp³-hybridized carbons (Fsp3) is 0.417. The van der Waals surface area contributed by atoms with Crippen LogP contribution in [0.1, 0.15) is 12.0 Å². The van der Waals surface area contributed by atoms with Crippen molar-refractivity contribution < 1.29 is 4.79 Å². The van der Waals surface area contributed by atoms with Crippen molar-refractivity contribution in [2.45, 2.75) is 13.0 Å². The molecular weight excluding hydrogens is 238 g/mol. The molecule has 1 aliphatic heterocycles. The molecule has 0 radical (unpaired) electrons. The van der Waals surface area contributed by atoms with Crippen molar-refractivity contribution in [1.82, 2.24) is 10.2 Å². The first-order chi connectivity index (χ1) is 8.15. The van der Waals surface area contributed by atoms with E-state index in [2.05, 4.69) is 10.2 Å².